The van der Waals surface area contributed by atoms with E-state index in [-0.39, 0.29) is 6.61 Å². The molecule has 0 amide bonds. The maximum atomic E-state index is 9.04. The molecule has 1 aliphatic rings. The Balaban J connectivity index is 2.12. The van der Waals surface area contributed by atoms with E-state index in [0.29, 0.717) is 18.4 Å². The number of aromatic nitrogens is 1. The number of hydrogen-bond donors (Lipinski definition) is 1. The molecule has 0 bridgehead atoms. The van der Waals surface area contributed by atoms with Gasteiger partial charge in [0.05, 0.1) is 5.69 Å². The van der Waals surface area contributed by atoms with Crippen LogP contribution in [0.5, 0.6) is 0 Å². The Kier molecular flexibility index (Phi) is 2.84. The summed E-state index contributed by atoms with van der Waals surface area (Å²) in [5, 5.41) is 9.04. The zero-order valence-electron chi connectivity index (χ0n) is 8.32. The SMILES string of the molecule is COCc1nc2c(o1)CCC(CO)C2. The Morgan fingerprint density at radius 1 is 1.64 bits per heavy atom. The second-order valence-corrected chi connectivity index (χ2v) is 3.70. The minimum atomic E-state index is 0.242. The summed E-state index contributed by atoms with van der Waals surface area (Å²) in [6, 6.07) is 0. The van der Waals surface area contributed by atoms with Crippen LogP contribution in [0.3, 0.4) is 0 Å². The van der Waals surface area contributed by atoms with Gasteiger partial charge in [0, 0.05) is 20.1 Å². The Bertz CT molecular complexity index is 308. The van der Waals surface area contributed by atoms with E-state index < -0.39 is 0 Å². The number of rotatable bonds is 3. The van der Waals surface area contributed by atoms with Crippen LogP contribution in [0.4, 0.5) is 0 Å². The molecule has 0 aromatic carbocycles. The van der Waals surface area contributed by atoms with E-state index >= 15 is 0 Å². The molecule has 1 atom stereocenters. The van der Waals surface area contributed by atoms with Gasteiger partial charge in [0.15, 0.2) is 0 Å². The first-order valence-corrected chi connectivity index (χ1v) is 4.90. The minimum Gasteiger partial charge on any atom is -0.443 e. The standard InChI is InChI=1S/C10H15NO3/c1-13-6-10-11-8-4-7(5-12)2-3-9(8)14-10/h7,12H,2-6H2,1H3. The van der Waals surface area contributed by atoms with Crippen LogP contribution in [-0.2, 0) is 24.2 Å². The van der Waals surface area contributed by atoms with E-state index in [1.54, 1.807) is 7.11 Å². The Morgan fingerprint density at radius 2 is 2.50 bits per heavy atom. The van der Waals surface area contributed by atoms with Gasteiger partial charge in [-0.05, 0) is 18.8 Å². The van der Waals surface area contributed by atoms with Crippen LogP contribution in [0, 0.1) is 5.92 Å². The highest BCUT2D eigenvalue weighted by molar-refractivity contribution is 5.14. The van der Waals surface area contributed by atoms with Crippen LogP contribution >= 0.6 is 0 Å². The molecule has 0 aliphatic heterocycles. The first kappa shape index (κ1) is 9.68. The third kappa shape index (κ3) is 1.81. The molecule has 1 heterocycles. The Labute approximate surface area is 82.9 Å². The number of oxazole rings is 1. The van der Waals surface area contributed by atoms with Gasteiger partial charge in [-0.1, -0.05) is 0 Å². The molecule has 4 heteroatoms. The van der Waals surface area contributed by atoms with Crippen LogP contribution < -0.4 is 0 Å². The summed E-state index contributed by atoms with van der Waals surface area (Å²) in [4.78, 5) is 4.34. The van der Waals surface area contributed by atoms with Crippen molar-refractivity contribution in [1.82, 2.24) is 4.98 Å². The van der Waals surface area contributed by atoms with E-state index in [1.165, 1.54) is 0 Å². The van der Waals surface area contributed by atoms with Gasteiger partial charge >= 0.3 is 0 Å². The van der Waals surface area contributed by atoms with Gasteiger partial charge in [-0.15, -0.1) is 0 Å². The molecule has 0 saturated carbocycles. The van der Waals surface area contributed by atoms with Crippen molar-refractivity contribution >= 4 is 0 Å². The van der Waals surface area contributed by atoms with Gasteiger partial charge in [-0.3, -0.25) is 0 Å². The van der Waals surface area contributed by atoms with Gasteiger partial charge in [-0.2, -0.15) is 0 Å². The average molecular weight is 197 g/mol. The zero-order valence-corrected chi connectivity index (χ0v) is 8.32. The van der Waals surface area contributed by atoms with Crippen LogP contribution in [0.25, 0.3) is 0 Å². The number of aliphatic hydroxyl groups is 1. The van der Waals surface area contributed by atoms with E-state index in [1.807, 2.05) is 0 Å². The van der Waals surface area contributed by atoms with Crippen molar-refractivity contribution in [3.63, 3.8) is 0 Å². The van der Waals surface area contributed by atoms with Crippen LogP contribution in [-0.4, -0.2) is 23.8 Å². The lowest BCUT2D eigenvalue weighted by atomic mass is 9.91. The predicted octanol–water partition coefficient (Wildman–Crippen LogP) is 0.918. The van der Waals surface area contributed by atoms with Crippen LogP contribution in [0.1, 0.15) is 23.8 Å². The minimum absolute atomic E-state index is 0.242. The number of aryl methyl sites for hydroxylation is 1. The molecule has 1 aromatic rings. The van der Waals surface area contributed by atoms with Crippen molar-refractivity contribution in [2.45, 2.75) is 25.9 Å². The Morgan fingerprint density at radius 3 is 3.21 bits per heavy atom. The molecular formula is C10H15NO3. The number of hydrogen-bond acceptors (Lipinski definition) is 4. The summed E-state index contributed by atoms with van der Waals surface area (Å²) in [5.41, 5.74) is 1.00. The van der Waals surface area contributed by atoms with Crippen molar-refractivity contribution in [3.05, 3.63) is 17.3 Å². The highest BCUT2D eigenvalue weighted by Gasteiger charge is 2.23. The van der Waals surface area contributed by atoms with Gasteiger partial charge in [-0.25, -0.2) is 4.98 Å². The second-order valence-electron chi connectivity index (χ2n) is 3.70. The van der Waals surface area contributed by atoms with Crippen LogP contribution in [0.15, 0.2) is 4.42 Å². The van der Waals surface area contributed by atoms with Crippen molar-refractivity contribution in [1.29, 1.82) is 0 Å². The average Bonchev–Trinajstić information content (AvgIpc) is 2.59. The lowest BCUT2D eigenvalue weighted by Gasteiger charge is -2.16. The van der Waals surface area contributed by atoms with E-state index in [2.05, 4.69) is 4.98 Å². The predicted molar refractivity (Wildman–Crippen MR) is 49.8 cm³/mol. The monoisotopic (exact) mass is 197 g/mol. The number of nitrogens with zero attached hydrogens (tertiary/aromatic N) is 1. The van der Waals surface area contributed by atoms with Gasteiger partial charge in [0.2, 0.25) is 5.89 Å². The molecule has 0 radical (unpaired) electrons. The van der Waals surface area contributed by atoms with Gasteiger partial charge in [0.25, 0.3) is 0 Å². The number of fused-ring (bicyclic) bond motifs is 1. The third-order valence-electron chi connectivity index (χ3n) is 2.61. The molecule has 0 saturated heterocycles. The van der Waals surface area contributed by atoms with Gasteiger partial charge < -0.3 is 14.3 Å². The quantitative estimate of drug-likeness (QED) is 0.782. The molecule has 4 nitrogen and oxygen atoms in total. The number of aliphatic hydroxyl groups excluding tert-OH is 1. The third-order valence-corrected chi connectivity index (χ3v) is 2.61. The normalized spacial score (nSPS) is 20.9. The first-order valence-electron chi connectivity index (χ1n) is 4.90. The van der Waals surface area contributed by atoms with E-state index in [4.69, 9.17) is 14.3 Å². The highest BCUT2D eigenvalue weighted by atomic mass is 16.5. The molecular weight excluding hydrogens is 182 g/mol. The fourth-order valence-corrected chi connectivity index (χ4v) is 1.84. The smallest absolute Gasteiger partial charge is 0.220 e. The summed E-state index contributed by atoms with van der Waals surface area (Å²) >= 11 is 0. The maximum Gasteiger partial charge on any atom is 0.220 e. The summed E-state index contributed by atoms with van der Waals surface area (Å²) in [6.45, 7) is 0.669. The topological polar surface area (TPSA) is 55.5 Å². The van der Waals surface area contributed by atoms with Crippen LogP contribution in [0.2, 0.25) is 0 Å². The summed E-state index contributed by atoms with van der Waals surface area (Å²) < 4.78 is 10.5. The molecule has 1 aliphatic carbocycles. The molecule has 78 valence electrons. The summed E-state index contributed by atoms with van der Waals surface area (Å²) in [5.74, 6) is 1.97. The first-order chi connectivity index (χ1) is 6.83. The Hall–Kier alpha value is -0.870. The molecule has 1 unspecified atom stereocenters. The highest BCUT2D eigenvalue weighted by Crippen LogP contribution is 2.25. The van der Waals surface area contributed by atoms with Crippen molar-refractivity contribution in [3.8, 4) is 0 Å². The maximum absolute atomic E-state index is 9.04. The fourth-order valence-electron chi connectivity index (χ4n) is 1.84. The molecule has 1 aromatic heterocycles. The zero-order chi connectivity index (χ0) is 9.97. The number of ether oxygens (including phenoxy) is 1. The molecule has 0 spiro atoms. The van der Waals surface area contributed by atoms with E-state index in [0.717, 1.165) is 30.7 Å². The summed E-state index contributed by atoms with van der Waals surface area (Å²) in [7, 11) is 1.62. The van der Waals surface area contributed by atoms with E-state index in [9.17, 15) is 0 Å². The lowest BCUT2D eigenvalue weighted by molar-refractivity contribution is 0.157. The van der Waals surface area contributed by atoms with Gasteiger partial charge in [0.1, 0.15) is 12.4 Å². The molecule has 0 fully saturated rings. The van der Waals surface area contributed by atoms with Crippen molar-refractivity contribution in [2.75, 3.05) is 13.7 Å². The lowest BCUT2D eigenvalue weighted by Crippen LogP contribution is -2.16. The molecule has 2 rings (SSSR count). The van der Waals surface area contributed by atoms with Crippen molar-refractivity contribution in [2.24, 2.45) is 5.92 Å². The number of methoxy groups -OCH3 is 1. The fraction of sp³-hybridized carbons (Fsp3) is 0.700. The van der Waals surface area contributed by atoms with Crippen molar-refractivity contribution < 1.29 is 14.3 Å². The summed E-state index contributed by atoms with van der Waals surface area (Å²) in [6.07, 6.45) is 2.71. The second kappa shape index (κ2) is 4.11. The largest absolute Gasteiger partial charge is 0.443 e. The molecule has 1 N–H and O–H groups in total. The molecule has 14 heavy (non-hydrogen) atoms.